The van der Waals surface area contributed by atoms with Gasteiger partial charge >= 0.3 is 5.97 Å². The molecule has 6 nitrogen and oxygen atoms in total. The van der Waals surface area contributed by atoms with Crippen molar-refractivity contribution >= 4 is 17.4 Å². The van der Waals surface area contributed by atoms with E-state index < -0.39 is 34.4 Å². The van der Waals surface area contributed by atoms with Crippen molar-refractivity contribution in [1.29, 1.82) is 0 Å². The molecule has 0 heterocycles. The molecule has 34 heavy (non-hydrogen) atoms. The number of carboxylic acids is 1. The van der Waals surface area contributed by atoms with Crippen LogP contribution in [0.5, 0.6) is 0 Å². The predicted molar refractivity (Wildman–Crippen MR) is 127 cm³/mol. The van der Waals surface area contributed by atoms with Crippen molar-refractivity contribution in [3.8, 4) is 0 Å². The Morgan fingerprint density at radius 1 is 1.26 bits per heavy atom. The Balaban J connectivity index is 1.63. The molecule has 5 rings (SSSR count). The lowest BCUT2D eigenvalue weighted by Crippen LogP contribution is -2.61. The maximum atomic E-state index is 15.8. The molecule has 0 radical (unpaired) electrons. The van der Waals surface area contributed by atoms with Crippen molar-refractivity contribution in [2.24, 2.45) is 39.3 Å². The van der Waals surface area contributed by atoms with Gasteiger partial charge < -0.3 is 21.1 Å². The van der Waals surface area contributed by atoms with E-state index in [0.29, 0.717) is 24.1 Å². The van der Waals surface area contributed by atoms with Gasteiger partial charge in [-0.15, -0.1) is 0 Å². The summed E-state index contributed by atoms with van der Waals surface area (Å²) in [5.41, 5.74) is 4.88. The SMILES string of the molecule is CC12CC(=CN)C(=Nc3ccccc3)C=C1C(F)=CC1C2C(O)CC2(C)C1CC[C@]2(O)C(=O)O. The summed E-state index contributed by atoms with van der Waals surface area (Å²) in [6.07, 6.45) is 5.00. The van der Waals surface area contributed by atoms with Crippen LogP contribution in [0.1, 0.15) is 39.5 Å². The lowest BCUT2D eigenvalue weighted by Gasteiger charge is -2.58. The zero-order valence-electron chi connectivity index (χ0n) is 19.4. The van der Waals surface area contributed by atoms with E-state index in [1.165, 1.54) is 6.20 Å². The van der Waals surface area contributed by atoms with Crippen molar-refractivity contribution in [2.75, 3.05) is 0 Å². The number of aliphatic hydroxyl groups excluding tert-OH is 1. The van der Waals surface area contributed by atoms with E-state index in [1.807, 2.05) is 37.3 Å². The minimum absolute atomic E-state index is 0.0934. The molecule has 2 fully saturated rings. The van der Waals surface area contributed by atoms with Crippen LogP contribution < -0.4 is 5.73 Å². The van der Waals surface area contributed by atoms with Gasteiger partial charge in [-0.25, -0.2) is 14.2 Å². The number of nitrogens with two attached hydrogens (primary N) is 1. The Kier molecular flexibility index (Phi) is 5.15. The Hall–Kier alpha value is -2.77. The second-order valence-electron chi connectivity index (χ2n) is 10.8. The van der Waals surface area contributed by atoms with Crippen LogP contribution in [0.4, 0.5) is 10.1 Å². The molecular formula is C27H31FN2O4. The van der Waals surface area contributed by atoms with Gasteiger partial charge in [0, 0.05) is 16.7 Å². The number of nitrogens with zero attached hydrogens (tertiary/aromatic N) is 1. The number of aliphatic imine (C=N–C) groups is 1. The first-order valence-electron chi connectivity index (χ1n) is 11.8. The zero-order chi connectivity index (χ0) is 24.5. The summed E-state index contributed by atoms with van der Waals surface area (Å²) in [7, 11) is 0. The Morgan fingerprint density at radius 3 is 2.62 bits per heavy atom. The van der Waals surface area contributed by atoms with E-state index >= 15 is 4.39 Å². The van der Waals surface area contributed by atoms with Gasteiger partial charge in [-0.2, -0.15) is 0 Å². The third-order valence-corrected chi connectivity index (χ3v) is 9.18. The van der Waals surface area contributed by atoms with E-state index in [9.17, 15) is 20.1 Å². The lowest BCUT2D eigenvalue weighted by molar-refractivity contribution is -0.188. The third-order valence-electron chi connectivity index (χ3n) is 9.18. The molecule has 7 atom stereocenters. The average Bonchev–Trinajstić information content (AvgIpc) is 3.06. The number of carbonyl (C=O) groups is 1. The molecule has 7 heteroatoms. The molecule has 2 saturated carbocycles. The highest BCUT2D eigenvalue weighted by molar-refractivity contribution is 6.11. The summed E-state index contributed by atoms with van der Waals surface area (Å²) in [4.78, 5) is 16.7. The molecule has 0 aliphatic heterocycles. The van der Waals surface area contributed by atoms with Crippen molar-refractivity contribution < 1.29 is 24.5 Å². The summed E-state index contributed by atoms with van der Waals surface area (Å²) in [6.45, 7) is 3.68. The highest BCUT2D eigenvalue weighted by atomic mass is 19.1. The third kappa shape index (κ3) is 2.99. The number of hydrogen-bond donors (Lipinski definition) is 4. The number of hydrogen-bond acceptors (Lipinski definition) is 5. The molecule has 5 N–H and O–H groups in total. The minimum atomic E-state index is -1.94. The molecule has 1 aromatic rings. The molecule has 4 aliphatic carbocycles. The molecule has 180 valence electrons. The van der Waals surface area contributed by atoms with Crippen LogP contribution in [-0.2, 0) is 4.79 Å². The highest BCUT2D eigenvalue weighted by Crippen LogP contribution is 2.67. The van der Waals surface area contributed by atoms with Crippen LogP contribution >= 0.6 is 0 Å². The molecular weight excluding hydrogens is 435 g/mol. The van der Waals surface area contributed by atoms with Crippen LogP contribution in [0.3, 0.4) is 0 Å². The molecule has 0 aromatic heterocycles. The first kappa shape index (κ1) is 23.0. The molecule has 6 unspecified atom stereocenters. The van der Waals surface area contributed by atoms with Gasteiger partial charge in [0.2, 0.25) is 0 Å². The van der Waals surface area contributed by atoms with Gasteiger partial charge in [0.1, 0.15) is 5.83 Å². The number of fused-ring (bicyclic) bond motifs is 5. The molecule has 0 amide bonds. The molecule has 4 aliphatic rings. The van der Waals surface area contributed by atoms with Crippen LogP contribution in [0.2, 0.25) is 0 Å². The maximum absolute atomic E-state index is 15.8. The number of allylic oxidation sites excluding steroid dienone is 5. The summed E-state index contributed by atoms with van der Waals surface area (Å²) in [5, 5.41) is 32.3. The standard InChI is InChI=1S/C27H31FN2O4/c1-25-12-15(14-29)21(30-16-6-4-3-5-7-16)11-19(25)20(28)10-17-18-8-9-27(34,24(32)33)26(18,2)13-22(31)23(17)25/h3-7,10-11,14,17-18,22-23,31,34H,8-9,12-13,29H2,1-2H3,(H,32,33)/t17?,18?,22?,23?,25?,26?,27-/m0/s1. The first-order chi connectivity index (χ1) is 16.0. The van der Waals surface area contributed by atoms with E-state index in [2.05, 4.69) is 4.99 Å². The second kappa shape index (κ2) is 7.62. The van der Waals surface area contributed by atoms with Gasteiger partial charge in [-0.1, -0.05) is 32.0 Å². The number of rotatable bonds is 2. The van der Waals surface area contributed by atoms with E-state index in [4.69, 9.17) is 5.73 Å². The Bertz CT molecular complexity index is 1160. The Morgan fingerprint density at radius 2 is 1.97 bits per heavy atom. The fourth-order valence-electron chi connectivity index (χ4n) is 7.46. The highest BCUT2D eigenvalue weighted by Gasteiger charge is 2.69. The maximum Gasteiger partial charge on any atom is 0.336 e. The lowest BCUT2D eigenvalue weighted by atomic mass is 9.46. The van der Waals surface area contributed by atoms with E-state index in [-0.39, 0.29) is 30.5 Å². The largest absolute Gasteiger partial charge is 0.479 e. The normalized spacial score (nSPS) is 43.6. The first-order valence-corrected chi connectivity index (χ1v) is 11.8. The van der Waals surface area contributed by atoms with Gasteiger partial charge in [0.15, 0.2) is 5.60 Å². The number of halogens is 1. The van der Waals surface area contributed by atoms with Gasteiger partial charge in [0.25, 0.3) is 0 Å². The summed E-state index contributed by atoms with van der Waals surface area (Å²) in [6, 6.07) is 9.40. The minimum Gasteiger partial charge on any atom is -0.479 e. The van der Waals surface area contributed by atoms with Crippen molar-refractivity contribution in [3.63, 3.8) is 0 Å². The molecule has 0 spiro atoms. The van der Waals surface area contributed by atoms with Gasteiger partial charge in [-0.3, -0.25) is 0 Å². The summed E-state index contributed by atoms with van der Waals surface area (Å²) < 4.78 is 15.8. The van der Waals surface area contributed by atoms with Crippen LogP contribution in [0.15, 0.2) is 70.6 Å². The van der Waals surface area contributed by atoms with Crippen molar-refractivity contribution in [3.05, 3.63) is 65.7 Å². The van der Waals surface area contributed by atoms with Gasteiger partial charge in [0.05, 0.1) is 17.5 Å². The Labute approximate surface area is 198 Å². The smallest absolute Gasteiger partial charge is 0.336 e. The number of aliphatic carboxylic acids is 1. The van der Waals surface area contributed by atoms with E-state index in [1.54, 1.807) is 19.1 Å². The summed E-state index contributed by atoms with van der Waals surface area (Å²) >= 11 is 0. The van der Waals surface area contributed by atoms with Crippen LogP contribution in [0, 0.1) is 28.6 Å². The number of benzene rings is 1. The molecule has 1 aromatic carbocycles. The quantitative estimate of drug-likeness (QED) is 0.525. The number of para-hydroxylation sites is 1. The van der Waals surface area contributed by atoms with Crippen LogP contribution in [0.25, 0.3) is 0 Å². The van der Waals surface area contributed by atoms with Crippen molar-refractivity contribution in [1.82, 2.24) is 0 Å². The average molecular weight is 467 g/mol. The molecule has 0 bridgehead atoms. The van der Waals surface area contributed by atoms with E-state index in [0.717, 1.165) is 11.3 Å². The van der Waals surface area contributed by atoms with Crippen LogP contribution in [-0.4, -0.2) is 38.7 Å². The fraction of sp³-hybridized carbons (Fsp3) is 0.481. The van der Waals surface area contributed by atoms with Crippen molar-refractivity contribution in [2.45, 2.75) is 51.2 Å². The fourth-order valence-corrected chi connectivity index (χ4v) is 7.46. The number of carboxylic acid groups (broad SMARTS) is 1. The molecule has 0 saturated heterocycles. The monoisotopic (exact) mass is 466 g/mol. The topological polar surface area (TPSA) is 116 Å². The number of aliphatic hydroxyl groups is 2. The van der Waals surface area contributed by atoms with Gasteiger partial charge in [-0.05, 0) is 79.2 Å². The summed E-state index contributed by atoms with van der Waals surface area (Å²) in [5.74, 6) is -2.63. The predicted octanol–water partition coefficient (Wildman–Crippen LogP) is 4.03. The second-order valence-corrected chi connectivity index (χ2v) is 10.8. The zero-order valence-corrected chi connectivity index (χ0v) is 19.4.